The number of ether oxygens (including phenoxy) is 1. The van der Waals surface area contributed by atoms with Crippen LogP contribution in [0.5, 0.6) is 0 Å². The van der Waals surface area contributed by atoms with Crippen molar-refractivity contribution < 1.29 is 9.53 Å². The molecule has 1 aromatic carbocycles. The summed E-state index contributed by atoms with van der Waals surface area (Å²) < 4.78 is 5.42. The van der Waals surface area contributed by atoms with Crippen molar-refractivity contribution in [2.45, 2.75) is 24.7 Å². The fourth-order valence-electron chi connectivity index (χ4n) is 2.47. The molecule has 0 atom stereocenters. The minimum absolute atomic E-state index is 0.214. The largest absolute Gasteiger partial charge is 0.431 e. The van der Waals surface area contributed by atoms with Gasteiger partial charge in [-0.2, -0.15) is 0 Å². The van der Waals surface area contributed by atoms with Crippen LogP contribution >= 0.6 is 11.8 Å². The minimum Gasteiger partial charge on any atom is -0.431 e. The van der Waals surface area contributed by atoms with Crippen molar-refractivity contribution in [1.82, 2.24) is 4.98 Å². The number of hydrogen-bond acceptors (Lipinski definition) is 4. The zero-order chi connectivity index (χ0) is 16.8. The van der Waals surface area contributed by atoms with Gasteiger partial charge in [0.25, 0.3) is 0 Å². The van der Waals surface area contributed by atoms with Crippen molar-refractivity contribution in [2.75, 3.05) is 5.75 Å². The summed E-state index contributed by atoms with van der Waals surface area (Å²) in [4.78, 5) is 17.3. The van der Waals surface area contributed by atoms with E-state index in [2.05, 4.69) is 23.2 Å². The summed E-state index contributed by atoms with van der Waals surface area (Å²) in [6.07, 6.45) is 6.63. The SMILES string of the molecule is CCC(=O)OC1=CC=C(CSc2ccccc2)c2cccnc2C1. The quantitative estimate of drug-likeness (QED) is 0.588. The maximum absolute atomic E-state index is 11.6. The van der Waals surface area contributed by atoms with Gasteiger partial charge in [-0.1, -0.05) is 37.3 Å². The number of hydrogen-bond donors (Lipinski definition) is 0. The molecule has 0 aliphatic heterocycles. The van der Waals surface area contributed by atoms with Crippen molar-refractivity contribution >= 4 is 23.3 Å². The Hall–Kier alpha value is -2.33. The summed E-state index contributed by atoms with van der Waals surface area (Å²) in [5.41, 5.74) is 3.26. The number of pyridine rings is 1. The summed E-state index contributed by atoms with van der Waals surface area (Å²) in [7, 11) is 0. The molecule has 0 fully saturated rings. The van der Waals surface area contributed by atoms with Gasteiger partial charge in [-0.25, -0.2) is 0 Å². The third-order valence-electron chi connectivity index (χ3n) is 3.72. The number of allylic oxidation sites excluding steroid dienone is 3. The second-order valence-corrected chi connectivity index (χ2v) is 6.48. The van der Waals surface area contributed by atoms with E-state index in [-0.39, 0.29) is 5.97 Å². The van der Waals surface area contributed by atoms with Gasteiger partial charge < -0.3 is 4.74 Å². The van der Waals surface area contributed by atoms with E-state index in [0.29, 0.717) is 18.6 Å². The van der Waals surface area contributed by atoms with Gasteiger partial charge in [-0.3, -0.25) is 9.78 Å². The summed E-state index contributed by atoms with van der Waals surface area (Å²) in [5, 5.41) is 0. The van der Waals surface area contributed by atoms with Gasteiger partial charge in [-0.15, -0.1) is 11.8 Å². The van der Waals surface area contributed by atoms with E-state index < -0.39 is 0 Å². The molecule has 0 saturated carbocycles. The molecule has 4 heteroatoms. The van der Waals surface area contributed by atoms with Crippen LogP contribution in [-0.2, 0) is 16.0 Å². The number of esters is 1. The molecular formula is C20H19NO2S. The van der Waals surface area contributed by atoms with E-state index >= 15 is 0 Å². The zero-order valence-electron chi connectivity index (χ0n) is 13.6. The number of rotatable bonds is 5. The van der Waals surface area contributed by atoms with Gasteiger partial charge in [0.15, 0.2) is 0 Å². The lowest BCUT2D eigenvalue weighted by Crippen LogP contribution is -2.06. The van der Waals surface area contributed by atoms with Crippen LogP contribution in [0.2, 0.25) is 0 Å². The topological polar surface area (TPSA) is 39.2 Å². The molecule has 1 heterocycles. The lowest BCUT2D eigenvalue weighted by molar-refractivity contribution is -0.139. The maximum atomic E-state index is 11.6. The molecule has 24 heavy (non-hydrogen) atoms. The van der Waals surface area contributed by atoms with Crippen LogP contribution in [0.1, 0.15) is 24.6 Å². The third kappa shape index (κ3) is 4.15. The molecule has 0 N–H and O–H groups in total. The Labute approximate surface area is 146 Å². The predicted octanol–water partition coefficient (Wildman–Crippen LogP) is 4.65. The Kier molecular flexibility index (Phi) is 5.49. The fourth-order valence-corrected chi connectivity index (χ4v) is 3.39. The molecule has 0 saturated heterocycles. The molecule has 3 nitrogen and oxygen atoms in total. The summed E-state index contributed by atoms with van der Waals surface area (Å²) >= 11 is 1.79. The van der Waals surface area contributed by atoms with Crippen molar-refractivity contribution in [1.29, 1.82) is 0 Å². The van der Waals surface area contributed by atoms with Crippen LogP contribution in [0.15, 0.2) is 71.5 Å². The first-order chi connectivity index (χ1) is 11.8. The highest BCUT2D eigenvalue weighted by molar-refractivity contribution is 7.99. The molecule has 2 aromatic rings. The Morgan fingerprint density at radius 3 is 2.79 bits per heavy atom. The number of fused-ring (bicyclic) bond motifs is 1. The third-order valence-corrected chi connectivity index (χ3v) is 4.78. The first-order valence-corrected chi connectivity index (χ1v) is 8.97. The van der Waals surface area contributed by atoms with Crippen molar-refractivity contribution in [3.8, 4) is 0 Å². The Bertz CT molecular complexity index is 781. The summed E-state index contributed by atoms with van der Waals surface area (Å²) in [6, 6.07) is 14.3. The van der Waals surface area contributed by atoms with Crippen molar-refractivity contribution in [3.05, 3.63) is 77.8 Å². The molecule has 0 amide bonds. The highest BCUT2D eigenvalue weighted by Crippen LogP contribution is 2.30. The average Bonchev–Trinajstić information content (AvgIpc) is 2.80. The van der Waals surface area contributed by atoms with E-state index in [0.717, 1.165) is 17.0 Å². The predicted molar refractivity (Wildman–Crippen MR) is 97.6 cm³/mol. The number of aromatic nitrogens is 1. The van der Waals surface area contributed by atoms with Crippen LogP contribution < -0.4 is 0 Å². The van der Waals surface area contributed by atoms with Gasteiger partial charge in [0.1, 0.15) is 5.76 Å². The molecule has 0 radical (unpaired) electrons. The van der Waals surface area contributed by atoms with Gasteiger partial charge in [0, 0.05) is 35.3 Å². The van der Waals surface area contributed by atoms with E-state index in [1.165, 1.54) is 10.5 Å². The molecule has 1 aliphatic carbocycles. The first kappa shape index (κ1) is 16.5. The number of carbonyl (C=O) groups is 1. The van der Waals surface area contributed by atoms with Gasteiger partial charge in [-0.05, 0) is 29.8 Å². The second-order valence-electron chi connectivity index (χ2n) is 5.43. The molecular weight excluding hydrogens is 318 g/mol. The van der Waals surface area contributed by atoms with Crippen LogP contribution in [0, 0.1) is 0 Å². The average molecular weight is 337 g/mol. The van der Waals surface area contributed by atoms with Gasteiger partial charge in [0.2, 0.25) is 0 Å². The van der Waals surface area contributed by atoms with E-state index in [1.807, 2.05) is 36.4 Å². The molecule has 122 valence electrons. The van der Waals surface area contributed by atoms with E-state index in [1.54, 1.807) is 24.9 Å². The highest BCUT2D eigenvalue weighted by atomic mass is 32.2. The van der Waals surface area contributed by atoms with E-state index in [9.17, 15) is 4.79 Å². The van der Waals surface area contributed by atoms with Crippen LogP contribution in [-0.4, -0.2) is 16.7 Å². The number of benzene rings is 1. The monoisotopic (exact) mass is 337 g/mol. The lowest BCUT2D eigenvalue weighted by atomic mass is 10.1. The normalized spacial score (nSPS) is 13.4. The van der Waals surface area contributed by atoms with Gasteiger partial charge in [0.05, 0.1) is 5.69 Å². The number of nitrogens with zero attached hydrogens (tertiary/aromatic N) is 1. The van der Waals surface area contributed by atoms with Gasteiger partial charge >= 0.3 is 5.97 Å². The summed E-state index contributed by atoms with van der Waals surface area (Å²) in [6.45, 7) is 1.80. The zero-order valence-corrected chi connectivity index (χ0v) is 14.4. The molecule has 0 spiro atoms. The molecule has 3 rings (SSSR count). The minimum atomic E-state index is -0.214. The van der Waals surface area contributed by atoms with Crippen molar-refractivity contribution in [3.63, 3.8) is 0 Å². The van der Waals surface area contributed by atoms with Crippen molar-refractivity contribution in [2.24, 2.45) is 0 Å². The maximum Gasteiger partial charge on any atom is 0.310 e. The first-order valence-electron chi connectivity index (χ1n) is 7.99. The van der Waals surface area contributed by atoms with Crippen LogP contribution in [0.3, 0.4) is 0 Å². The van der Waals surface area contributed by atoms with Crippen LogP contribution in [0.25, 0.3) is 5.57 Å². The molecule has 0 bridgehead atoms. The fraction of sp³-hybridized carbons (Fsp3) is 0.200. The smallest absolute Gasteiger partial charge is 0.310 e. The Morgan fingerprint density at radius 1 is 1.17 bits per heavy atom. The lowest BCUT2D eigenvalue weighted by Gasteiger charge is -2.10. The second kappa shape index (κ2) is 7.97. The highest BCUT2D eigenvalue weighted by Gasteiger charge is 2.16. The Balaban J connectivity index is 1.83. The van der Waals surface area contributed by atoms with Crippen LogP contribution in [0.4, 0.5) is 0 Å². The molecule has 1 aliphatic rings. The molecule has 1 aromatic heterocycles. The molecule has 0 unspecified atom stereocenters. The number of thioether (sulfide) groups is 1. The Morgan fingerprint density at radius 2 is 2.00 bits per heavy atom. The summed E-state index contributed by atoms with van der Waals surface area (Å²) in [5.74, 6) is 1.28. The van der Waals surface area contributed by atoms with E-state index in [4.69, 9.17) is 4.74 Å². The number of carbonyl (C=O) groups excluding carboxylic acids is 1. The standard InChI is InChI=1S/C20H19NO2S/c1-2-20(22)23-16-11-10-15(14-24-17-7-4-3-5-8-17)18-9-6-12-21-19(18)13-16/h3-12H,2,13-14H2,1H3.